The minimum absolute atomic E-state index is 0.0752. The molecular formula is C10H9F4NO2. The molecule has 0 aromatic heterocycles. The topological polar surface area (TPSA) is 38.3 Å². The highest BCUT2D eigenvalue weighted by atomic mass is 19.4. The van der Waals surface area contributed by atoms with Crippen molar-refractivity contribution in [2.45, 2.75) is 6.18 Å². The second-order valence-electron chi connectivity index (χ2n) is 3.03. The molecular weight excluding hydrogens is 242 g/mol. The van der Waals surface area contributed by atoms with Crippen LogP contribution in [0.5, 0.6) is 5.75 Å². The number of hydrogen-bond acceptors (Lipinski definition) is 2. The number of nitrogens with one attached hydrogen (secondary N) is 1. The number of carbonyl (C=O) groups excluding carboxylic acids is 1. The SMILES string of the molecule is O=C(NCCOc1ccccc1F)C(F)(F)F. The van der Waals surface area contributed by atoms with Gasteiger partial charge >= 0.3 is 12.1 Å². The van der Waals surface area contributed by atoms with Gasteiger partial charge in [0.2, 0.25) is 0 Å². The highest BCUT2D eigenvalue weighted by Crippen LogP contribution is 2.15. The average molecular weight is 251 g/mol. The Labute approximate surface area is 94.4 Å². The Morgan fingerprint density at radius 3 is 2.53 bits per heavy atom. The molecule has 0 bridgehead atoms. The van der Waals surface area contributed by atoms with Crippen molar-refractivity contribution in [1.29, 1.82) is 0 Å². The van der Waals surface area contributed by atoms with Gasteiger partial charge in [0.1, 0.15) is 6.61 Å². The molecule has 0 aliphatic rings. The summed E-state index contributed by atoms with van der Waals surface area (Å²) in [7, 11) is 0. The normalized spacial score (nSPS) is 11.1. The third kappa shape index (κ3) is 4.29. The number of rotatable bonds is 4. The van der Waals surface area contributed by atoms with Crippen LogP contribution in [0.4, 0.5) is 17.6 Å². The van der Waals surface area contributed by atoms with Crippen molar-refractivity contribution in [1.82, 2.24) is 5.32 Å². The first-order valence-electron chi connectivity index (χ1n) is 4.63. The van der Waals surface area contributed by atoms with Gasteiger partial charge in [-0.1, -0.05) is 12.1 Å². The van der Waals surface area contributed by atoms with Gasteiger partial charge in [0.05, 0.1) is 6.54 Å². The zero-order valence-corrected chi connectivity index (χ0v) is 8.55. The van der Waals surface area contributed by atoms with Gasteiger partial charge in [0, 0.05) is 0 Å². The molecule has 0 radical (unpaired) electrons. The second-order valence-corrected chi connectivity index (χ2v) is 3.03. The summed E-state index contributed by atoms with van der Waals surface area (Å²) in [6.45, 7) is -0.602. The van der Waals surface area contributed by atoms with Crippen LogP contribution in [0.25, 0.3) is 0 Å². The molecule has 0 spiro atoms. The highest BCUT2D eigenvalue weighted by Gasteiger charge is 2.38. The maximum Gasteiger partial charge on any atom is 0.471 e. The van der Waals surface area contributed by atoms with Crippen LogP contribution < -0.4 is 10.1 Å². The van der Waals surface area contributed by atoms with Crippen LogP contribution in [0.1, 0.15) is 0 Å². The van der Waals surface area contributed by atoms with Gasteiger partial charge in [-0.2, -0.15) is 13.2 Å². The lowest BCUT2D eigenvalue weighted by molar-refractivity contribution is -0.173. The van der Waals surface area contributed by atoms with E-state index in [0.717, 1.165) is 6.07 Å². The molecule has 94 valence electrons. The van der Waals surface area contributed by atoms with E-state index < -0.39 is 17.9 Å². The predicted molar refractivity (Wildman–Crippen MR) is 51.0 cm³/mol. The van der Waals surface area contributed by atoms with E-state index in [1.165, 1.54) is 18.2 Å². The molecule has 0 aliphatic carbocycles. The Morgan fingerprint density at radius 1 is 1.29 bits per heavy atom. The van der Waals surface area contributed by atoms with Crippen molar-refractivity contribution in [3.63, 3.8) is 0 Å². The van der Waals surface area contributed by atoms with Gasteiger partial charge in [-0.05, 0) is 12.1 Å². The van der Waals surface area contributed by atoms with Gasteiger partial charge in [-0.3, -0.25) is 4.79 Å². The predicted octanol–water partition coefficient (Wildman–Crippen LogP) is 1.88. The number of ether oxygens (including phenoxy) is 1. The van der Waals surface area contributed by atoms with Crippen LogP contribution in [0.15, 0.2) is 24.3 Å². The lowest BCUT2D eigenvalue weighted by Gasteiger charge is -2.09. The molecule has 0 atom stereocenters. The first-order valence-corrected chi connectivity index (χ1v) is 4.63. The molecule has 0 unspecified atom stereocenters. The van der Waals surface area contributed by atoms with E-state index in [2.05, 4.69) is 0 Å². The smallest absolute Gasteiger partial charge is 0.471 e. The van der Waals surface area contributed by atoms with Crippen LogP contribution in [-0.4, -0.2) is 25.2 Å². The van der Waals surface area contributed by atoms with E-state index >= 15 is 0 Å². The largest absolute Gasteiger partial charge is 0.489 e. The van der Waals surface area contributed by atoms with Crippen LogP contribution in [0, 0.1) is 5.82 Å². The Bertz CT molecular complexity index is 392. The standard InChI is InChI=1S/C10H9F4NO2/c11-7-3-1-2-4-8(7)17-6-5-15-9(16)10(12,13)14/h1-4H,5-6H2,(H,15,16). The lowest BCUT2D eigenvalue weighted by Crippen LogP contribution is -2.38. The number of alkyl halides is 3. The Morgan fingerprint density at radius 2 is 1.94 bits per heavy atom. The average Bonchev–Trinajstić information content (AvgIpc) is 2.25. The third-order valence-electron chi connectivity index (χ3n) is 1.74. The number of para-hydroxylation sites is 1. The monoisotopic (exact) mass is 251 g/mol. The summed E-state index contributed by atoms with van der Waals surface area (Å²) in [6.07, 6.45) is -4.92. The zero-order chi connectivity index (χ0) is 12.9. The Balaban J connectivity index is 2.30. The van der Waals surface area contributed by atoms with Crippen LogP contribution >= 0.6 is 0 Å². The Hall–Kier alpha value is -1.79. The number of halogens is 4. The van der Waals surface area contributed by atoms with E-state index in [4.69, 9.17) is 4.74 Å². The van der Waals surface area contributed by atoms with Crippen molar-refractivity contribution in [3.8, 4) is 5.75 Å². The molecule has 0 saturated carbocycles. The highest BCUT2D eigenvalue weighted by molar-refractivity contribution is 5.81. The van der Waals surface area contributed by atoms with E-state index in [0.29, 0.717) is 0 Å². The van der Waals surface area contributed by atoms with Crippen molar-refractivity contribution >= 4 is 5.91 Å². The fourth-order valence-corrected chi connectivity index (χ4v) is 0.988. The third-order valence-corrected chi connectivity index (χ3v) is 1.74. The van der Waals surface area contributed by atoms with Crippen LogP contribution in [0.2, 0.25) is 0 Å². The summed E-state index contributed by atoms with van der Waals surface area (Å²) in [5.41, 5.74) is 0. The fourth-order valence-electron chi connectivity index (χ4n) is 0.988. The molecule has 1 aromatic carbocycles. The lowest BCUT2D eigenvalue weighted by atomic mass is 10.3. The summed E-state index contributed by atoms with van der Waals surface area (Å²) in [6, 6.07) is 5.46. The molecule has 0 aliphatic heterocycles. The first kappa shape index (κ1) is 13.3. The summed E-state index contributed by atoms with van der Waals surface area (Å²) in [4.78, 5) is 10.4. The quantitative estimate of drug-likeness (QED) is 0.655. The molecule has 17 heavy (non-hydrogen) atoms. The van der Waals surface area contributed by atoms with Crippen molar-refractivity contribution < 1.29 is 27.1 Å². The summed E-state index contributed by atoms with van der Waals surface area (Å²) in [5.74, 6) is -2.74. The van der Waals surface area contributed by atoms with Crippen LogP contribution in [0.3, 0.4) is 0 Å². The first-order chi connectivity index (χ1) is 7.91. The minimum Gasteiger partial charge on any atom is -0.489 e. The zero-order valence-electron chi connectivity index (χ0n) is 8.55. The second kappa shape index (κ2) is 5.51. The molecule has 1 rings (SSSR count). The number of benzene rings is 1. The van der Waals surface area contributed by atoms with Gasteiger partial charge in [0.25, 0.3) is 0 Å². The van der Waals surface area contributed by atoms with Crippen molar-refractivity contribution in [2.75, 3.05) is 13.2 Å². The Kier molecular flexibility index (Phi) is 4.30. The van der Waals surface area contributed by atoms with Crippen molar-refractivity contribution in [2.24, 2.45) is 0 Å². The molecule has 0 fully saturated rings. The van der Waals surface area contributed by atoms with Crippen LogP contribution in [-0.2, 0) is 4.79 Å². The van der Waals surface area contributed by atoms with Crippen molar-refractivity contribution in [3.05, 3.63) is 30.1 Å². The maximum absolute atomic E-state index is 13.0. The number of amides is 1. The van der Waals surface area contributed by atoms with Gasteiger partial charge < -0.3 is 10.1 Å². The summed E-state index contributed by atoms with van der Waals surface area (Å²) < 4.78 is 53.1. The molecule has 0 saturated heterocycles. The van der Waals surface area contributed by atoms with Gasteiger partial charge in [-0.25, -0.2) is 4.39 Å². The van der Waals surface area contributed by atoms with Gasteiger partial charge in [0.15, 0.2) is 11.6 Å². The molecule has 3 nitrogen and oxygen atoms in total. The summed E-state index contributed by atoms with van der Waals surface area (Å²) >= 11 is 0. The number of hydrogen-bond donors (Lipinski definition) is 1. The van der Waals surface area contributed by atoms with Gasteiger partial charge in [-0.15, -0.1) is 0 Å². The summed E-state index contributed by atoms with van der Waals surface area (Å²) in [5, 5.41) is 1.60. The minimum atomic E-state index is -4.92. The molecule has 0 heterocycles. The van der Waals surface area contributed by atoms with E-state index in [9.17, 15) is 22.4 Å². The van der Waals surface area contributed by atoms with E-state index in [1.54, 1.807) is 5.32 Å². The number of carbonyl (C=O) groups is 1. The molecule has 7 heteroatoms. The maximum atomic E-state index is 13.0. The molecule has 1 N–H and O–H groups in total. The van der Waals surface area contributed by atoms with E-state index in [1.807, 2.05) is 0 Å². The molecule has 1 amide bonds. The fraction of sp³-hybridized carbons (Fsp3) is 0.300. The molecule has 1 aromatic rings. The van der Waals surface area contributed by atoms with E-state index in [-0.39, 0.29) is 18.9 Å².